The molecule has 0 amide bonds. The molecule has 0 aromatic heterocycles. The van der Waals surface area contributed by atoms with Crippen molar-refractivity contribution in [3.63, 3.8) is 0 Å². The Morgan fingerprint density at radius 1 is 0.810 bits per heavy atom. The van der Waals surface area contributed by atoms with Crippen molar-refractivity contribution in [2.45, 2.75) is 18.0 Å². The lowest BCUT2D eigenvalue weighted by atomic mass is 9.64. The summed E-state index contributed by atoms with van der Waals surface area (Å²) in [6.45, 7) is 0. The summed E-state index contributed by atoms with van der Waals surface area (Å²) in [5.41, 5.74) is 1.81. The lowest BCUT2D eigenvalue weighted by Crippen LogP contribution is -2.48. The highest BCUT2D eigenvalue weighted by atomic mass is 35.5. The highest BCUT2D eigenvalue weighted by Crippen LogP contribution is 2.61. The summed E-state index contributed by atoms with van der Waals surface area (Å²) in [6, 6.07) is 25.1. The van der Waals surface area contributed by atoms with Crippen LogP contribution < -0.4 is 14.4 Å². The van der Waals surface area contributed by atoms with Crippen molar-refractivity contribution in [1.29, 1.82) is 0 Å². The van der Waals surface area contributed by atoms with Crippen LogP contribution in [0.25, 0.3) is 6.08 Å². The number of anilines is 1. The first-order chi connectivity index (χ1) is 20.4. The fourth-order valence-corrected chi connectivity index (χ4v) is 7.32. The minimum absolute atomic E-state index is 0.190. The molecule has 0 N–H and O–H groups in total. The molecule has 1 spiro atoms. The molecule has 42 heavy (non-hydrogen) atoms. The number of ether oxygens (including phenoxy) is 2. The van der Waals surface area contributed by atoms with Crippen LogP contribution in [0.4, 0.5) is 5.69 Å². The molecule has 3 atom stereocenters. The van der Waals surface area contributed by atoms with Gasteiger partial charge < -0.3 is 14.4 Å². The van der Waals surface area contributed by atoms with Crippen LogP contribution in [-0.2, 0) is 0 Å². The van der Waals surface area contributed by atoms with Crippen molar-refractivity contribution in [1.82, 2.24) is 0 Å². The molecule has 7 heteroatoms. The van der Waals surface area contributed by atoms with E-state index in [-0.39, 0.29) is 17.3 Å². The molecule has 4 aromatic carbocycles. The smallest absolute Gasteiger partial charge is 0.185 e. The molecule has 7 rings (SSSR count). The number of carbonyl (C=O) groups excluding carboxylic acids is 3. The number of fused-ring (bicyclic) bond motifs is 5. The number of Topliss-reactive ketones (excluding diaryl/α,β-unsaturated/α-hetero) is 3. The van der Waals surface area contributed by atoms with E-state index in [0.717, 1.165) is 11.3 Å². The minimum Gasteiger partial charge on any atom is -0.493 e. The maximum atomic E-state index is 14.7. The Balaban J connectivity index is 1.56. The van der Waals surface area contributed by atoms with Gasteiger partial charge in [0.15, 0.2) is 28.8 Å². The molecule has 1 fully saturated rings. The molecule has 2 heterocycles. The third-order valence-electron chi connectivity index (χ3n) is 8.86. The highest BCUT2D eigenvalue weighted by molar-refractivity contribution is 6.32. The van der Waals surface area contributed by atoms with E-state index in [1.807, 2.05) is 53.5 Å². The largest absolute Gasteiger partial charge is 0.493 e. The van der Waals surface area contributed by atoms with Gasteiger partial charge in [-0.15, -0.1) is 0 Å². The molecule has 0 bridgehead atoms. The Labute approximate surface area is 248 Å². The molecule has 1 aliphatic carbocycles. The summed E-state index contributed by atoms with van der Waals surface area (Å²) in [5.74, 6) is -0.673. The average Bonchev–Trinajstić information content (AvgIpc) is 3.46. The van der Waals surface area contributed by atoms with E-state index in [4.69, 9.17) is 21.1 Å². The molecule has 2 aliphatic heterocycles. The lowest BCUT2D eigenvalue weighted by molar-refractivity contribution is 0.0665. The number of halogens is 1. The first-order valence-corrected chi connectivity index (χ1v) is 14.1. The normalized spacial score (nSPS) is 21.2. The first-order valence-electron chi connectivity index (χ1n) is 13.7. The molecular weight excluding hydrogens is 550 g/mol. The van der Waals surface area contributed by atoms with Crippen LogP contribution in [0.2, 0.25) is 5.02 Å². The zero-order valence-electron chi connectivity index (χ0n) is 22.9. The molecule has 208 valence electrons. The van der Waals surface area contributed by atoms with Gasteiger partial charge in [-0.2, -0.15) is 0 Å². The van der Waals surface area contributed by atoms with Crippen LogP contribution >= 0.6 is 11.6 Å². The molecule has 0 radical (unpaired) electrons. The van der Waals surface area contributed by atoms with Crippen LogP contribution in [0.3, 0.4) is 0 Å². The number of hydrogen-bond acceptors (Lipinski definition) is 6. The Hall–Kier alpha value is -4.68. The second-order valence-corrected chi connectivity index (χ2v) is 11.2. The second kappa shape index (κ2) is 9.71. The third-order valence-corrected chi connectivity index (χ3v) is 9.09. The monoisotopic (exact) mass is 575 g/mol. The fourth-order valence-electron chi connectivity index (χ4n) is 7.14. The van der Waals surface area contributed by atoms with E-state index in [1.54, 1.807) is 61.7 Å². The number of rotatable bonds is 5. The fraction of sp³-hybridized carbons (Fsp3) is 0.171. The molecule has 0 saturated carbocycles. The topological polar surface area (TPSA) is 72.9 Å². The van der Waals surface area contributed by atoms with E-state index < -0.39 is 23.4 Å². The van der Waals surface area contributed by atoms with Crippen LogP contribution in [0, 0.1) is 5.41 Å². The van der Waals surface area contributed by atoms with E-state index in [9.17, 15) is 14.4 Å². The first kappa shape index (κ1) is 26.2. The predicted molar refractivity (Wildman–Crippen MR) is 161 cm³/mol. The van der Waals surface area contributed by atoms with E-state index in [0.29, 0.717) is 38.8 Å². The van der Waals surface area contributed by atoms with Gasteiger partial charge in [0, 0.05) is 33.3 Å². The van der Waals surface area contributed by atoms with E-state index >= 15 is 0 Å². The predicted octanol–water partition coefficient (Wildman–Crippen LogP) is 6.67. The summed E-state index contributed by atoms with van der Waals surface area (Å²) >= 11 is 6.38. The van der Waals surface area contributed by atoms with Gasteiger partial charge in [-0.05, 0) is 41.5 Å². The number of hydrogen-bond donors (Lipinski definition) is 0. The second-order valence-electron chi connectivity index (χ2n) is 10.8. The third kappa shape index (κ3) is 3.48. The van der Waals surface area contributed by atoms with Crippen molar-refractivity contribution in [2.24, 2.45) is 5.41 Å². The number of benzene rings is 4. The van der Waals surface area contributed by atoms with Gasteiger partial charge >= 0.3 is 0 Å². The summed E-state index contributed by atoms with van der Waals surface area (Å²) in [6.07, 6.45) is 3.78. The van der Waals surface area contributed by atoms with Gasteiger partial charge in [0.1, 0.15) is 11.5 Å². The number of carbonyl (C=O) groups is 3. The molecule has 0 unspecified atom stereocenters. The molecule has 1 saturated heterocycles. The van der Waals surface area contributed by atoms with Gasteiger partial charge in [-0.1, -0.05) is 84.4 Å². The Morgan fingerprint density at radius 2 is 1.48 bits per heavy atom. The Morgan fingerprint density at radius 3 is 2.14 bits per heavy atom. The molecular formula is C35H26ClNO5. The van der Waals surface area contributed by atoms with Crippen molar-refractivity contribution < 1.29 is 23.9 Å². The van der Waals surface area contributed by atoms with Crippen LogP contribution in [0.1, 0.15) is 48.1 Å². The molecule has 6 nitrogen and oxygen atoms in total. The Bertz CT molecular complexity index is 1780. The van der Waals surface area contributed by atoms with Gasteiger partial charge in [0.05, 0.1) is 20.3 Å². The SMILES string of the molecule is COc1ccc([C@@H]2[C@@H](C(=O)c3ccccc3)N3c4ccc(Cl)cc4C=C[C@@H]3C23C(=O)c2ccccc2C3=O)cc1OC. The summed E-state index contributed by atoms with van der Waals surface area (Å²) in [4.78, 5) is 46.2. The minimum atomic E-state index is -1.60. The van der Waals surface area contributed by atoms with Crippen LogP contribution in [-0.4, -0.2) is 43.7 Å². The standard InChI is InChI=1S/C35H26ClNO5/c1-41-27-16-12-22(19-28(27)42-2)30-31(32(38)20-8-4-3-5-9-20)37-26-15-14-23(36)18-21(26)13-17-29(37)35(30)33(39)24-10-6-7-11-25(24)34(35)40/h3-19,29-31H,1-2H3/t29-,30-,31+/m1/s1. The zero-order chi connectivity index (χ0) is 29.2. The van der Waals surface area contributed by atoms with E-state index in [2.05, 4.69) is 0 Å². The number of nitrogens with zero attached hydrogens (tertiary/aromatic N) is 1. The van der Waals surface area contributed by atoms with Gasteiger partial charge in [0.2, 0.25) is 0 Å². The molecule has 4 aromatic rings. The quantitative estimate of drug-likeness (QED) is 0.195. The highest BCUT2D eigenvalue weighted by Gasteiger charge is 2.71. The number of ketones is 3. The van der Waals surface area contributed by atoms with Crippen LogP contribution in [0.5, 0.6) is 11.5 Å². The van der Waals surface area contributed by atoms with Gasteiger partial charge in [-0.25, -0.2) is 0 Å². The Kier molecular flexibility index (Phi) is 6.06. The zero-order valence-corrected chi connectivity index (χ0v) is 23.7. The van der Waals surface area contributed by atoms with Crippen molar-refractivity contribution in [3.05, 3.63) is 130 Å². The average molecular weight is 576 g/mol. The van der Waals surface area contributed by atoms with E-state index in [1.165, 1.54) is 7.11 Å². The maximum Gasteiger partial charge on any atom is 0.185 e. The summed E-state index contributed by atoms with van der Waals surface area (Å²) in [5, 5.41) is 0.550. The summed E-state index contributed by atoms with van der Waals surface area (Å²) in [7, 11) is 3.08. The maximum absolute atomic E-state index is 14.7. The van der Waals surface area contributed by atoms with Crippen LogP contribution in [0.15, 0.2) is 97.1 Å². The summed E-state index contributed by atoms with van der Waals surface area (Å²) < 4.78 is 11.1. The van der Waals surface area contributed by atoms with Crippen molar-refractivity contribution in [3.8, 4) is 11.5 Å². The van der Waals surface area contributed by atoms with Gasteiger partial charge in [0.25, 0.3) is 0 Å². The lowest BCUT2D eigenvalue weighted by Gasteiger charge is -2.37. The van der Waals surface area contributed by atoms with Gasteiger partial charge in [-0.3, -0.25) is 14.4 Å². The molecule has 3 aliphatic rings. The van der Waals surface area contributed by atoms with Crippen molar-refractivity contribution >= 4 is 40.7 Å². The number of methoxy groups -OCH3 is 2. The van der Waals surface area contributed by atoms with Crippen molar-refractivity contribution in [2.75, 3.05) is 19.1 Å².